The van der Waals surface area contributed by atoms with E-state index in [1.807, 2.05) is 0 Å². The lowest BCUT2D eigenvalue weighted by Gasteiger charge is -2.28. The Morgan fingerprint density at radius 1 is 1.29 bits per heavy atom. The summed E-state index contributed by atoms with van der Waals surface area (Å²) in [5, 5.41) is 0.241. The number of aromatic nitrogens is 1. The molecule has 98 valence electrons. The topological polar surface area (TPSA) is 22.1 Å². The smallest absolute Gasteiger partial charge is 0.272 e. The van der Waals surface area contributed by atoms with Crippen molar-refractivity contribution < 1.29 is 9.13 Å². The van der Waals surface area contributed by atoms with Gasteiger partial charge in [-0.05, 0) is 24.2 Å². The van der Waals surface area contributed by atoms with E-state index in [1.165, 1.54) is 0 Å². The van der Waals surface area contributed by atoms with Gasteiger partial charge in [-0.3, -0.25) is 0 Å². The summed E-state index contributed by atoms with van der Waals surface area (Å²) >= 11 is 1.00. The average Bonchev–Trinajstić information content (AvgIpc) is 2.69. The minimum Gasteiger partial charge on any atom is -0.486 e. The van der Waals surface area contributed by atoms with E-state index in [1.54, 1.807) is 7.11 Å². The molecule has 0 aliphatic rings. The maximum Gasteiger partial charge on any atom is 0.272 e. The van der Waals surface area contributed by atoms with E-state index in [2.05, 4.69) is 25.8 Å². The fourth-order valence-corrected chi connectivity index (χ4v) is 3.04. The number of hydrogen-bond acceptors (Lipinski definition) is 3. The molecule has 0 bridgehead atoms. The van der Waals surface area contributed by atoms with Crippen molar-refractivity contribution in [2.24, 2.45) is 0 Å². The van der Waals surface area contributed by atoms with Gasteiger partial charge in [0.25, 0.3) is 5.26 Å². The zero-order valence-corrected chi connectivity index (χ0v) is 12.0. The molecule has 0 saturated carbocycles. The predicted octanol–water partition coefficient (Wildman–Crippen LogP) is 4.54. The maximum atomic E-state index is 13.3. The molecule has 0 amide bonds. The van der Waals surface area contributed by atoms with Crippen molar-refractivity contribution in [1.29, 1.82) is 0 Å². The Morgan fingerprint density at radius 3 is 2.53 bits per heavy atom. The average molecular weight is 259 g/mol. The minimum absolute atomic E-state index is 0.0586. The van der Waals surface area contributed by atoms with Crippen LogP contribution in [0.25, 0.3) is 0 Å². The van der Waals surface area contributed by atoms with Crippen molar-refractivity contribution in [3.63, 3.8) is 0 Å². The second-order valence-electron chi connectivity index (χ2n) is 4.72. The summed E-state index contributed by atoms with van der Waals surface area (Å²) in [6, 6.07) is 0. The van der Waals surface area contributed by atoms with Gasteiger partial charge in [-0.25, -0.2) is 4.98 Å². The van der Waals surface area contributed by atoms with Gasteiger partial charge in [-0.2, -0.15) is 4.39 Å². The summed E-state index contributed by atoms with van der Waals surface area (Å²) in [5.41, 5.74) is 0.745. The zero-order chi connectivity index (χ0) is 12.9. The van der Waals surface area contributed by atoms with Gasteiger partial charge in [0.2, 0.25) is 0 Å². The number of unbranched alkanes of at least 4 members (excludes halogenated alkanes) is 1. The molecule has 1 rings (SSSR count). The lowest BCUT2D eigenvalue weighted by molar-refractivity contribution is 0.345. The summed E-state index contributed by atoms with van der Waals surface area (Å²) in [4.78, 5) is 4.05. The van der Waals surface area contributed by atoms with Crippen LogP contribution in [-0.2, 0) is 5.41 Å². The van der Waals surface area contributed by atoms with Crippen LogP contribution in [0.2, 0.25) is 0 Å². The Kier molecular flexibility index (Phi) is 5.37. The molecular formula is C13H22FNOS. The normalized spacial score (nSPS) is 14.6. The van der Waals surface area contributed by atoms with E-state index in [-0.39, 0.29) is 5.41 Å². The van der Waals surface area contributed by atoms with Gasteiger partial charge in [-0.15, -0.1) is 0 Å². The number of ether oxygens (including phenoxy) is 1. The van der Waals surface area contributed by atoms with Crippen molar-refractivity contribution in [2.75, 3.05) is 7.11 Å². The van der Waals surface area contributed by atoms with E-state index in [4.69, 9.17) is 4.74 Å². The second kappa shape index (κ2) is 6.34. The largest absolute Gasteiger partial charge is 0.486 e. The summed E-state index contributed by atoms with van der Waals surface area (Å²) in [6.07, 6.45) is 5.42. The lowest BCUT2D eigenvalue weighted by Crippen LogP contribution is -2.23. The van der Waals surface area contributed by atoms with Crippen LogP contribution in [0.1, 0.15) is 58.6 Å². The first-order valence-corrected chi connectivity index (χ1v) is 7.09. The molecule has 4 heteroatoms. The molecule has 1 unspecified atom stereocenters. The molecule has 0 saturated heterocycles. The maximum absolute atomic E-state index is 13.3. The van der Waals surface area contributed by atoms with Gasteiger partial charge in [0.1, 0.15) is 5.69 Å². The number of nitrogens with zero attached hydrogens (tertiary/aromatic N) is 1. The van der Waals surface area contributed by atoms with Crippen molar-refractivity contribution in [3.05, 3.63) is 11.0 Å². The number of halogens is 1. The quantitative estimate of drug-likeness (QED) is 0.717. The zero-order valence-electron chi connectivity index (χ0n) is 11.2. The van der Waals surface area contributed by atoms with Gasteiger partial charge in [0.15, 0.2) is 5.06 Å². The first kappa shape index (κ1) is 14.4. The van der Waals surface area contributed by atoms with E-state index in [0.29, 0.717) is 5.06 Å². The molecule has 2 nitrogen and oxygen atoms in total. The van der Waals surface area contributed by atoms with E-state index in [9.17, 15) is 4.39 Å². The van der Waals surface area contributed by atoms with Crippen molar-refractivity contribution >= 4 is 11.3 Å². The van der Waals surface area contributed by atoms with Crippen molar-refractivity contribution in [1.82, 2.24) is 4.98 Å². The molecule has 0 aliphatic heterocycles. The molecule has 0 spiro atoms. The highest BCUT2D eigenvalue weighted by atomic mass is 32.1. The molecule has 0 radical (unpaired) electrons. The standard InChI is InChI=1S/C13H22FNOS/c1-5-7-9-13(3,8-6-2)10-11(16-4)17-12(14)15-10/h5-9H2,1-4H3. The molecule has 0 aromatic carbocycles. The van der Waals surface area contributed by atoms with Crippen molar-refractivity contribution in [3.8, 4) is 5.06 Å². The molecule has 1 heterocycles. The summed E-state index contributed by atoms with van der Waals surface area (Å²) in [5.74, 6) is 0. The molecule has 1 aromatic rings. The summed E-state index contributed by atoms with van der Waals surface area (Å²) in [6.45, 7) is 6.49. The number of methoxy groups -OCH3 is 1. The molecule has 1 aromatic heterocycles. The Hall–Kier alpha value is -0.640. The van der Waals surface area contributed by atoms with Crippen LogP contribution >= 0.6 is 11.3 Å². The second-order valence-corrected chi connectivity index (χ2v) is 5.63. The molecule has 1 atom stereocenters. The number of thiazole rings is 1. The minimum atomic E-state index is -0.393. The predicted molar refractivity (Wildman–Crippen MR) is 70.4 cm³/mol. The first-order valence-electron chi connectivity index (χ1n) is 6.28. The van der Waals surface area contributed by atoms with Crippen LogP contribution in [0.3, 0.4) is 0 Å². The highest BCUT2D eigenvalue weighted by molar-refractivity contribution is 7.12. The van der Waals surface area contributed by atoms with Crippen LogP contribution in [0, 0.1) is 5.26 Å². The van der Waals surface area contributed by atoms with Crippen LogP contribution in [0.4, 0.5) is 4.39 Å². The van der Waals surface area contributed by atoms with Gasteiger partial charge in [0, 0.05) is 5.41 Å². The third-order valence-corrected chi connectivity index (χ3v) is 4.02. The van der Waals surface area contributed by atoms with Gasteiger partial charge in [0.05, 0.1) is 7.11 Å². The Morgan fingerprint density at radius 2 is 2.00 bits per heavy atom. The Bertz CT molecular complexity index is 353. The molecule has 17 heavy (non-hydrogen) atoms. The van der Waals surface area contributed by atoms with Crippen LogP contribution in [0.15, 0.2) is 0 Å². The fourth-order valence-electron chi connectivity index (χ4n) is 2.28. The van der Waals surface area contributed by atoms with E-state index < -0.39 is 5.26 Å². The van der Waals surface area contributed by atoms with E-state index in [0.717, 1.165) is 49.1 Å². The first-order chi connectivity index (χ1) is 8.07. The Labute approximate surface area is 107 Å². The molecular weight excluding hydrogens is 237 g/mol. The lowest BCUT2D eigenvalue weighted by atomic mass is 9.78. The highest BCUT2D eigenvalue weighted by Crippen LogP contribution is 2.41. The third-order valence-electron chi connectivity index (χ3n) is 3.21. The molecule has 0 fully saturated rings. The van der Waals surface area contributed by atoms with Crippen LogP contribution < -0.4 is 4.74 Å². The summed E-state index contributed by atoms with van der Waals surface area (Å²) in [7, 11) is 1.59. The molecule has 0 N–H and O–H groups in total. The monoisotopic (exact) mass is 259 g/mol. The Balaban J connectivity index is 3.02. The third kappa shape index (κ3) is 3.41. The molecule has 0 aliphatic carbocycles. The van der Waals surface area contributed by atoms with Gasteiger partial charge in [-0.1, -0.05) is 40.0 Å². The van der Waals surface area contributed by atoms with E-state index >= 15 is 0 Å². The fraction of sp³-hybridized carbons (Fsp3) is 0.769. The van der Waals surface area contributed by atoms with Gasteiger partial charge >= 0.3 is 0 Å². The van der Waals surface area contributed by atoms with Crippen LogP contribution in [-0.4, -0.2) is 12.1 Å². The number of hydrogen-bond donors (Lipinski definition) is 0. The van der Waals surface area contributed by atoms with Gasteiger partial charge < -0.3 is 4.74 Å². The van der Waals surface area contributed by atoms with Crippen LogP contribution in [0.5, 0.6) is 5.06 Å². The SMILES string of the molecule is CCCCC(C)(CCC)c1nc(F)sc1OC. The number of rotatable bonds is 7. The highest BCUT2D eigenvalue weighted by Gasteiger charge is 2.32. The van der Waals surface area contributed by atoms with Crippen molar-refractivity contribution in [2.45, 2.75) is 58.3 Å². The summed E-state index contributed by atoms with van der Waals surface area (Å²) < 4.78 is 18.5.